The minimum absolute atomic E-state index is 0. The summed E-state index contributed by atoms with van der Waals surface area (Å²) in [6.07, 6.45) is 6.96. The normalized spacial score (nSPS) is 19.2. The van der Waals surface area contributed by atoms with Crippen LogP contribution in [-0.2, 0) is 41.4 Å². The molecule has 4 nitrogen and oxygen atoms in total. The number of hydrogen-bond donors (Lipinski definition) is 0. The van der Waals surface area contributed by atoms with Crippen molar-refractivity contribution < 1.29 is 41.4 Å². The number of rotatable bonds is 4. The molecule has 0 atom stereocenters. The first-order valence-electron chi connectivity index (χ1n) is 4.92. The molecule has 0 N–H and O–H groups in total. The maximum atomic E-state index is 9.46. The van der Waals surface area contributed by atoms with E-state index < -0.39 is 0 Å². The summed E-state index contributed by atoms with van der Waals surface area (Å²) in [5.41, 5.74) is 0. The summed E-state index contributed by atoms with van der Waals surface area (Å²) < 4.78 is 8.94. The van der Waals surface area contributed by atoms with Gasteiger partial charge in [0.1, 0.15) is 0 Å². The van der Waals surface area contributed by atoms with Gasteiger partial charge in [-0.05, 0) is 38.5 Å². The molecule has 2 rings (SSSR count). The third-order valence-corrected chi connectivity index (χ3v) is 2.53. The Morgan fingerprint density at radius 2 is 1.13 bits per heavy atom. The van der Waals surface area contributed by atoms with E-state index in [1.807, 2.05) is 0 Å². The van der Waals surface area contributed by atoms with E-state index >= 15 is 0 Å². The number of hydrogen-bond acceptors (Lipinski definition) is 4. The van der Waals surface area contributed by atoms with Gasteiger partial charge in [0.05, 0.1) is 12.2 Å². The van der Waals surface area contributed by atoms with E-state index in [1.165, 1.54) is 25.8 Å². The zero-order chi connectivity index (χ0) is 10.2. The van der Waals surface area contributed by atoms with Crippen LogP contribution in [0.2, 0.25) is 0 Å². The Kier molecular flexibility index (Phi) is 8.76. The van der Waals surface area contributed by atoms with E-state index in [1.54, 1.807) is 0 Å². The predicted molar refractivity (Wildman–Crippen MR) is 48.8 cm³/mol. The van der Waals surface area contributed by atoms with Crippen molar-refractivity contribution in [2.75, 3.05) is 0 Å². The van der Waals surface area contributed by atoms with Crippen LogP contribution in [-0.4, -0.2) is 25.2 Å². The van der Waals surface area contributed by atoms with Gasteiger partial charge in [-0.15, -0.1) is 0 Å². The van der Waals surface area contributed by atoms with Crippen LogP contribution in [0.25, 0.3) is 0 Å². The monoisotopic (exact) mass is 305 g/mol. The molecule has 1 radical (unpaired) electrons. The van der Waals surface area contributed by atoms with Gasteiger partial charge < -0.3 is 19.1 Å². The zero-order valence-electron chi connectivity index (χ0n) is 8.33. The maximum absolute atomic E-state index is 9.46. The molecule has 0 bridgehead atoms. The molecule has 15 heavy (non-hydrogen) atoms. The number of ether oxygens (including phenoxy) is 2. The van der Waals surface area contributed by atoms with Gasteiger partial charge in [-0.3, -0.25) is 0 Å². The first-order chi connectivity index (χ1) is 6.86. The molecule has 0 unspecified atom stereocenters. The van der Waals surface area contributed by atoms with Crippen LogP contribution in [0, 0.1) is 0 Å². The van der Waals surface area contributed by atoms with E-state index in [2.05, 4.69) is 9.47 Å². The minimum Gasteiger partial charge on any atom is -0.651 e. The summed E-state index contributed by atoms with van der Waals surface area (Å²) in [5, 5.41) is 0. The van der Waals surface area contributed by atoms with Crippen LogP contribution in [0.1, 0.15) is 38.5 Å². The summed E-state index contributed by atoms with van der Waals surface area (Å²) in [5.74, 6) is 0. The van der Waals surface area contributed by atoms with Gasteiger partial charge in [0.25, 0.3) is 0 Å². The molecule has 0 aromatic rings. The van der Waals surface area contributed by atoms with Gasteiger partial charge in [0, 0.05) is 22.4 Å². The van der Waals surface area contributed by atoms with Crippen LogP contribution in [0.15, 0.2) is 0 Å². The SMILES string of the molecule is O=[C-]OC1CCC1.O=[C-]OC1CCC1.[Ag]. The molecule has 0 heterocycles. The third kappa shape index (κ3) is 5.97. The van der Waals surface area contributed by atoms with Gasteiger partial charge in [-0.25, -0.2) is 0 Å². The molecule has 0 aliphatic heterocycles. The van der Waals surface area contributed by atoms with E-state index in [0.717, 1.165) is 25.7 Å². The van der Waals surface area contributed by atoms with Crippen molar-refractivity contribution in [3.8, 4) is 0 Å². The average molecular weight is 306 g/mol. The summed E-state index contributed by atoms with van der Waals surface area (Å²) in [7, 11) is 0. The van der Waals surface area contributed by atoms with Crippen molar-refractivity contribution >= 4 is 12.9 Å². The maximum Gasteiger partial charge on any atom is 0.0596 e. The zero-order valence-corrected chi connectivity index (χ0v) is 9.81. The second-order valence-electron chi connectivity index (χ2n) is 3.51. The van der Waals surface area contributed by atoms with E-state index in [-0.39, 0.29) is 34.6 Å². The second kappa shape index (κ2) is 8.95. The topological polar surface area (TPSA) is 52.6 Å². The number of carbonyl (C=O) groups excluding carboxylic acids is 2. The van der Waals surface area contributed by atoms with Gasteiger partial charge in [0.15, 0.2) is 0 Å². The molecule has 0 amide bonds. The summed E-state index contributed by atoms with van der Waals surface area (Å²) in [6.45, 7) is 2.84. The smallest absolute Gasteiger partial charge is 0.0596 e. The van der Waals surface area contributed by atoms with Crippen LogP contribution in [0.5, 0.6) is 0 Å². The second-order valence-corrected chi connectivity index (χ2v) is 3.51. The average Bonchev–Trinajstić information content (AvgIpc) is 2.05. The van der Waals surface area contributed by atoms with Gasteiger partial charge in [-0.2, -0.15) is 0 Å². The molecule has 0 saturated heterocycles. The van der Waals surface area contributed by atoms with Crippen molar-refractivity contribution in [2.45, 2.75) is 50.7 Å². The molecule has 5 heteroatoms. The van der Waals surface area contributed by atoms with Crippen molar-refractivity contribution in [3.05, 3.63) is 0 Å². The van der Waals surface area contributed by atoms with Crippen molar-refractivity contribution in [2.24, 2.45) is 0 Å². The van der Waals surface area contributed by atoms with Gasteiger partial charge >= 0.3 is 0 Å². The first kappa shape index (κ1) is 14.7. The Morgan fingerprint density at radius 1 is 0.800 bits per heavy atom. The Balaban J connectivity index is 0.000000245. The summed E-state index contributed by atoms with van der Waals surface area (Å²) in [4.78, 5) is 18.9. The van der Waals surface area contributed by atoms with E-state index in [0.29, 0.717) is 0 Å². The Bertz CT molecular complexity index is 158. The molecule has 0 aromatic carbocycles. The Morgan fingerprint density at radius 3 is 1.20 bits per heavy atom. The standard InChI is InChI=1S/2C5H7O2.Ag/c2*6-4-7-5-2-1-3-5;/h2*5H,1-3H2;/q2*-1;. The summed E-state index contributed by atoms with van der Waals surface area (Å²) >= 11 is 0. The summed E-state index contributed by atoms with van der Waals surface area (Å²) in [6, 6.07) is 0. The largest absolute Gasteiger partial charge is 0.651 e. The molecular formula is C10H14AgO4-2. The Labute approximate surface area is 105 Å². The van der Waals surface area contributed by atoms with Crippen molar-refractivity contribution in [3.63, 3.8) is 0 Å². The fourth-order valence-electron chi connectivity index (χ4n) is 1.11. The van der Waals surface area contributed by atoms with Crippen LogP contribution in [0.3, 0.4) is 0 Å². The fraction of sp³-hybridized carbons (Fsp3) is 0.800. The van der Waals surface area contributed by atoms with Crippen LogP contribution < -0.4 is 0 Å². The first-order valence-corrected chi connectivity index (χ1v) is 4.92. The molecule has 91 valence electrons. The van der Waals surface area contributed by atoms with Crippen molar-refractivity contribution in [1.82, 2.24) is 0 Å². The van der Waals surface area contributed by atoms with E-state index in [9.17, 15) is 9.59 Å². The molecule has 0 spiro atoms. The molecule has 2 aliphatic rings. The van der Waals surface area contributed by atoms with Gasteiger partial charge in [-0.1, -0.05) is 12.9 Å². The molecular weight excluding hydrogens is 292 g/mol. The molecule has 2 aliphatic carbocycles. The van der Waals surface area contributed by atoms with Gasteiger partial charge in [0.2, 0.25) is 0 Å². The molecule has 2 fully saturated rings. The molecule has 2 saturated carbocycles. The molecule has 0 aromatic heterocycles. The van der Waals surface area contributed by atoms with Crippen LogP contribution >= 0.6 is 0 Å². The predicted octanol–water partition coefficient (Wildman–Crippen LogP) is 1.24. The van der Waals surface area contributed by atoms with Crippen LogP contribution in [0.4, 0.5) is 0 Å². The fourth-order valence-corrected chi connectivity index (χ4v) is 1.11. The minimum atomic E-state index is 0. The van der Waals surface area contributed by atoms with E-state index in [4.69, 9.17) is 0 Å². The quantitative estimate of drug-likeness (QED) is 0.579. The Hall–Kier alpha value is -0.320. The van der Waals surface area contributed by atoms with Crippen molar-refractivity contribution in [1.29, 1.82) is 0 Å². The third-order valence-electron chi connectivity index (χ3n) is 2.53.